The fourth-order valence-corrected chi connectivity index (χ4v) is 5.21. The van der Waals surface area contributed by atoms with Crippen LogP contribution in [0.4, 0.5) is 0 Å². The van der Waals surface area contributed by atoms with E-state index < -0.39 is 10.8 Å². The third-order valence-corrected chi connectivity index (χ3v) is 6.73. The van der Waals surface area contributed by atoms with E-state index in [9.17, 15) is 20.1 Å². The Morgan fingerprint density at radius 2 is 1.70 bits per heavy atom. The van der Waals surface area contributed by atoms with E-state index in [1.165, 1.54) is 15.0 Å². The van der Waals surface area contributed by atoms with E-state index in [0.29, 0.717) is 6.42 Å². The van der Waals surface area contributed by atoms with Crippen LogP contribution in [0.2, 0.25) is 0 Å². The number of hydrogen-bond acceptors (Lipinski definition) is 5. The SMILES string of the molecule is CC.CC.CC1C(=O)C(C#N)=C[C@@]2(C)C3=CC(=O)C(C#N)=CC3(C#CSI)CCC12. The summed E-state index contributed by atoms with van der Waals surface area (Å²) in [6.45, 7) is 11.8. The highest BCUT2D eigenvalue weighted by atomic mass is 127. The summed E-state index contributed by atoms with van der Waals surface area (Å²) < 4.78 is 0. The molecule has 3 aliphatic carbocycles. The second-order valence-electron chi connectivity index (χ2n) is 7.12. The first kappa shape index (κ1) is 26.2. The predicted molar refractivity (Wildman–Crippen MR) is 130 cm³/mol. The smallest absolute Gasteiger partial charge is 0.196 e. The van der Waals surface area contributed by atoms with Crippen molar-refractivity contribution in [2.45, 2.75) is 54.4 Å². The molecule has 0 aromatic rings. The summed E-state index contributed by atoms with van der Waals surface area (Å²) in [5, 5.41) is 21.7. The molecule has 0 aromatic heterocycles. The van der Waals surface area contributed by atoms with Crippen LogP contribution in [0.5, 0.6) is 0 Å². The van der Waals surface area contributed by atoms with Crippen molar-refractivity contribution in [2.24, 2.45) is 22.7 Å². The molecule has 4 atom stereocenters. The van der Waals surface area contributed by atoms with Crippen molar-refractivity contribution in [3.8, 4) is 23.3 Å². The number of rotatable bonds is 0. The molecule has 0 saturated heterocycles. The van der Waals surface area contributed by atoms with Crippen molar-refractivity contribution >= 4 is 41.7 Å². The summed E-state index contributed by atoms with van der Waals surface area (Å²) in [4.78, 5) is 24.9. The Morgan fingerprint density at radius 1 is 1.10 bits per heavy atom. The number of carbonyl (C=O) groups is 2. The number of hydrogen-bond donors (Lipinski definition) is 0. The number of carbonyl (C=O) groups excluding carboxylic acids is 2. The molecule has 0 N–H and O–H groups in total. The zero-order valence-electron chi connectivity index (χ0n) is 18.3. The van der Waals surface area contributed by atoms with Crippen molar-refractivity contribution in [3.63, 3.8) is 0 Å². The van der Waals surface area contributed by atoms with Gasteiger partial charge < -0.3 is 0 Å². The minimum absolute atomic E-state index is 0.00497. The van der Waals surface area contributed by atoms with E-state index >= 15 is 0 Å². The minimum Gasteiger partial charge on any atom is -0.293 e. The number of allylic oxidation sites excluding steroid dienone is 6. The fraction of sp³-hybridized carbons (Fsp3) is 0.500. The lowest BCUT2D eigenvalue weighted by molar-refractivity contribution is -0.122. The molecular formula is C24H27IN2O2S. The Hall–Kier alpha value is -1.82. The lowest BCUT2D eigenvalue weighted by Crippen LogP contribution is -2.49. The van der Waals surface area contributed by atoms with Crippen LogP contribution >= 0.6 is 30.1 Å². The summed E-state index contributed by atoms with van der Waals surface area (Å²) in [5.74, 6) is 2.50. The average molecular weight is 534 g/mol. The Kier molecular flexibility index (Phi) is 9.60. The molecule has 3 aliphatic rings. The molecule has 0 amide bonds. The van der Waals surface area contributed by atoms with Gasteiger partial charge in [-0.05, 0) is 50.7 Å². The molecule has 0 bridgehead atoms. The van der Waals surface area contributed by atoms with Crippen LogP contribution in [0, 0.1) is 56.5 Å². The normalized spacial score (nSPS) is 31.0. The molecule has 0 heterocycles. The van der Waals surface area contributed by atoms with Gasteiger partial charge in [-0.1, -0.05) is 53.5 Å². The maximum Gasteiger partial charge on any atom is 0.196 e. The van der Waals surface area contributed by atoms with E-state index in [0.717, 1.165) is 12.0 Å². The number of fused-ring (bicyclic) bond motifs is 3. The number of ketones is 2. The van der Waals surface area contributed by atoms with Crippen LogP contribution in [0.3, 0.4) is 0 Å². The fourth-order valence-electron chi connectivity index (χ4n) is 4.66. The molecule has 4 nitrogen and oxygen atoms in total. The standard InChI is InChI=1S/C20H15IN2O2S.2C2H6/c1-12-15-3-4-20(5-6-26-21)9-13(10-22)16(24)7-17(20)19(15,2)8-14(11-23)18(12)25;2*1-2/h7-9,12,15H,3-4H2,1-2H3;2*1-2H3/t12?,15?,19-,20?;;/m1../s1. The van der Waals surface area contributed by atoms with Crippen LogP contribution in [-0.4, -0.2) is 11.6 Å². The van der Waals surface area contributed by atoms with E-state index in [1.54, 1.807) is 12.2 Å². The largest absolute Gasteiger partial charge is 0.293 e. The Morgan fingerprint density at radius 3 is 2.23 bits per heavy atom. The Bertz CT molecular complexity index is 954. The Labute approximate surface area is 196 Å². The summed E-state index contributed by atoms with van der Waals surface area (Å²) in [6.07, 6.45) is 6.31. The van der Waals surface area contributed by atoms with Crippen LogP contribution < -0.4 is 0 Å². The second kappa shape index (κ2) is 11.0. The highest BCUT2D eigenvalue weighted by molar-refractivity contribution is 14.2. The number of Topliss-reactive ketones (excluding diaryl/α,β-unsaturated/α-hetero) is 1. The second-order valence-corrected chi connectivity index (χ2v) is 8.80. The quantitative estimate of drug-likeness (QED) is 0.277. The van der Waals surface area contributed by atoms with Gasteiger partial charge in [0.05, 0.1) is 16.6 Å². The van der Waals surface area contributed by atoms with Gasteiger partial charge in [0, 0.05) is 32.5 Å². The van der Waals surface area contributed by atoms with Gasteiger partial charge in [0.25, 0.3) is 0 Å². The maximum absolute atomic E-state index is 12.5. The van der Waals surface area contributed by atoms with Gasteiger partial charge in [-0.15, -0.1) is 0 Å². The Balaban J connectivity index is 0.00000106. The lowest BCUT2D eigenvalue weighted by Gasteiger charge is -2.53. The molecule has 6 heteroatoms. The summed E-state index contributed by atoms with van der Waals surface area (Å²) in [7, 11) is 1.35. The van der Waals surface area contributed by atoms with E-state index in [2.05, 4.69) is 32.4 Å². The van der Waals surface area contributed by atoms with Gasteiger partial charge in [-0.2, -0.15) is 10.5 Å². The number of nitrogens with zero attached hydrogens (tertiary/aromatic N) is 2. The third kappa shape index (κ3) is 4.43. The molecule has 0 aromatic carbocycles. The van der Waals surface area contributed by atoms with Crippen molar-refractivity contribution < 1.29 is 9.59 Å². The van der Waals surface area contributed by atoms with Crippen molar-refractivity contribution in [3.05, 3.63) is 34.9 Å². The van der Waals surface area contributed by atoms with Crippen LogP contribution in [-0.2, 0) is 9.59 Å². The van der Waals surface area contributed by atoms with E-state index in [1.807, 2.05) is 53.7 Å². The van der Waals surface area contributed by atoms with Crippen LogP contribution in [0.1, 0.15) is 54.4 Å². The first-order chi connectivity index (χ1) is 14.3. The van der Waals surface area contributed by atoms with Crippen LogP contribution in [0.25, 0.3) is 0 Å². The zero-order valence-corrected chi connectivity index (χ0v) is 21.3. The zero-order chi connectivity index (χ0) is 23.1. The van der Waals surface area contributed by atoms with Gasteiger partial charge in [0.1, 0.15) is 12.1 Å². The molecule has 3 rings (SSSR count). The van der Waals surface area contributed by atoms with Gasteiger partial charge in [-0.3, -0.25) is 9.59 Å². The first-order valence-corrected chi connectivity index (χ1v) is 13.6. The molecular weight excluding hydrogens is 507 g/mol. The topological polar surface area (TPSA) is 81.7 Å². The van der Waals surface area contributed by atoms with Gasteiger partial charge in [0.15, 0.2) is 11.6 Å². The summed E-state index contributed by atoms with van der Waals surface area (Å²) >= 11 is 2.09. The minimum atomic E-state index is -0.709. The third-order valence-electron chi connectivity index (χ3n) is 5.89. The van der Waals surface area contributed by atoms with Gasteiger partial charge >= 0.3 is 0 Å². The molecule has 0 radical (unpaired) electrons. The van der Waals surface area contributed by atoms with Crippen molar-refractivity contribution in [1.82, 2.24) is 0 Å². The molecule has 30 heavy (non-hydrogen) atoms. The van der Waals surface area contributed by atoms with Crippen molar-refractivity contribution in [2.75, 3.05) is 0 Å². The monoisotopic (exact) mass is 534 g/mol. The molecule has 0 spiro atoms. The highest BCUT2D eigenvalue weighted by Crippen LogP contribution is 2.60. The highest BCUT2D eigenvalue weighted by Gasteiger charge is 2.56. The van der Waals surface area contributed by atoms with E-state index in [-0.39, 0.29) is 34.5 Å². The summed E-state index contributed by atoms with van der Waals surface area (Å²) in [5.41, 5.74) is -0.275. The first-order valence-electron chi connectivity index (χ1n) is 10.2. The molecule has 3 unspecified atom stereocenters. The van der Waals surface area contributed by atoms with Crippen LogP contribution in [0.15, 0.2) is 34.9 Å². The molecule has 1 saturated carbocycles. The molecule has 1 fully saturated rings. The van der Waals surface area contributed by atoms with E-state index in [4.69, 9.17) is 0 Å². The average Bonchev–Trinajstić information content (AvgIpc) is 2.78. The maximum atomic E-state index is 12.5. The van der Waals surface area contributed by atoms with Gasteiger partial charge in [0.2, 0.25) is 0 Å². The lowest BCUT2D eigenvalue weighted by atomic mass is 9.48. The number of nitriles is 2. The summed E-state index contributed by atoms with van der Waals surface area (Å²) in [6, 6.07) is 3.99. The predicted octanol–water partition coefficient (Wildman–Crippen LogP) is 6.11. The number of halogens is 1. The molecule has 158 valence electrons. The van der Waals surface area contributed by atoms with Crippen molar-refractivity contribution in [1.29, 1.82) is 10.5 Å². The van der Waals surface area contributed by atoms with Gasteiger partial charge in [-0.25, -0.2) is 0 Å². The molecule has 0 aliphatic heterocycles.